The number of allylic oxidation sites excluding steroid dienone is 2. The van der Waals surface area contributed by atoms with Gasteiger partial charge in [-0.3, -0.25) is 0 Å². The van der Waals surface area contributed by atoms with Crippen molar-refractivity contribution in [1.82, 2.24) is 0 Å². The number of aliphatic hydroxyl groups is 2. The van der Waals surface area contributed by atoms with E-state index in [0.717, 1.165) is 42.9 Å². The first-order valence-electron chi connectivity index (χ1n) is 18.1. The molecule has 0 spiro atoms. The Morgan fingerprint density at radius 2 is 1.17 bits per heavy atom. The number of rotatable bonds is 1. The summed E-state index contributed by atoms with van der Waals surface area (Å²) < 4.78 is 34.5. The average Bonchev–Trinajstić information content (AvgIpc) is 3.61. The topological polar surface area (TPSA) is 109 Å². The SMILES string of the molecule is C/C=C1\CCC2C1CCC1c3ccc(C)cc3CCC12.Cc1ccc2c(c1)CCC1C2CCC2C1CC[C@]2(O)C(C)O.[O]=[Os](=[O])(=[O])=[O]. The molecule has 0 saturated heterocycles. The molecule has 0 amide bonds. The van der Waals surface area contributed by atoms with Crippen LogP contribution >= 0.6 is 0 Å². The van der Waals surface area contributed by atoms with Crippen molar-refractivity contribution >= 4 is 0 Å². The molecule has 2 aromatic carbocycles. The molecule has 0 radical (unpaired) electrons. The average molecular weight is 821 g/mol. The van der Waals surface area contributed by atoms with Crippen LogP contribution in [0.15, 0.2) is 48.0 Å². The summed E-state index contributed by atoms with van der Waals surface area (Å²) in [6, 6.07) is 14.2. The van der Waals surface area contributed by atoms with E-state index < -0.39 is 26.5 Å². The Bertz CT molecular complexity index is 1710. The van der Waals surface area contributed by atoms with Crippen molar-refractivity contribution in [3.8, 4) is 0 Å². The minimum atomic E-state index is -6.06. The van der Waals surface area contributed by atoms with E-state index >= 15 is 0 Å². The van der Waals surface area contributed by atoms with Crippen molar-refractivity contribution in [2.75, 3.05) is 0 Å². The molecule has 6 aliphatic carbocycles. The molecule has 10 atom stereocenters. The first-order chi connectivity index (χ1) is 22.3. The van der Waals surface area contributed by atoms with Gasteiger partial charge in [-0.2, -0.15) is 0 Å². The summed E-state index contributed by atoms with van der Waals surface area (Å²) in [5, 5.41) is 21.0. The second-order valence-corrected chi connectivity index (χ2v) is 18.2. The van der Waals surface area contributed by atoms with Gasteiger partial charge in [0.25, 0.3) is 0 Å². The molecule has 47 heavy (non-hydrogen) atoms. The third kappa shape index (κ3) is 7.02. The predicted octanol–water partition coefficient (Wildman–Crippen LogP) is 8.50. The number of benzene rings is 2. The fourth-order valence-corrected chi connectivity index (χ4v) is 11.5. The van der Waals surface area contributed by atoms with Gasteiger partial charge in [0.1, 0.15) is 0 Å². The second kappa shape index (κ2) is 13.7. The van der Waals surface area contributed by atoms with Crippen molar-refractivity contribution in [3.63, 3.8) is 0 Å². The Morgan fingerprint density at radius 3 is 1.70 bits per heavy atom. The third-order valence-electron chi connectivity index (χ3n) is 13.5. The zero-order valence-corrected chi connectivity index (χ0v) is 31.1. The van der Waals surface area contributed by atoms with Crippen molar-refractivity contribution in [1.29, 1.82) is 0 Å². The normalized spacial score (nSPS) is 36.5. The van der Waals surface area contributed by atoms with Crippen molar-refractivity contribution < 1.29 is 39.2 Å². The van der Waals surface area contributed by atoms with Gasteiger partial charge >= 0.3 is 29.0 Å². The van der Waals surface area contributed by atoms with Gasteiger partial charge in [-0.15, -0.1) is 0 Å². The van der Waals surface area contributed by atoms with Crippen LogP contribution in [0.1, 0.15) is 123 Å². The van der Waals surface area contributed by atoms with Gasteiger partial charge in [-0.25, -0.2) is 0 Å². The molecule has 9 unspecified atom stereocenters. The van der Waals surface area contributed by atoms with E-state index in [1.165, 1.54) is 68.9 Å². The standard InChI is InChI=1S/C20H28O2.C20H26.4O.Os/c1-12-3-5-15-14(11-12)4-6-17-16(15)7-8-19-18(17)9-10-20(19,22)13(2)21;1-3-14-5-8-18-16(14)10-11-19-17-7-4-13(2)12-15(17)6-9-20(18)19;;;;;/h3,5,11,13,16-19,21-22H,4,6-10H2,1-2H3;3-4,7,12,16,18-20H,5-6,8-11H2,1-2H3;;;;;/b;14-3+;;;;;/t13?,16?,17?,18?,19?,20-;;;;;;/m0....../s1. The van der Waals surface area contributed by atoms with Crippen molar-refractivity contribution in [3.05, 3.63) is 81.4 Å². The molecule has 6 nitrogen and oxygen atoms in total. The summed E-state index contributed by atoms with van der Waals surface area (Å²) >= 11 is -6.06. The van der Waals surface area contributed by atoms with Crippen LogP contribution in [0, 0.1) is 49.4 Å². The molecule has 0 bridgehead atoms. The monoisotopic (exact) mass is 822 g/mol. The molecule has 0 aromatic heterocycles. The summed E-state index contributed by atoms with van der Waals surface area (Å²) in [5.41, 5.74) is 10.3. The van der Waals surface area contributed by atoms with Gasteiger partial charge in [0, 0.05) is 0 Å². The third-order valence-corrected chi connectivity index (χ3v) is 13.5. The Morgan fingerprint density at radius 1 is 0.702 bits per heavy atom. The van der Waals surface area contributed by atoms with Gasteiger partial charge in [-0.05, 0) is 174 Å². The predicted molar refractivity (Wildman–Crippen MR) is 175 cm³/mol. The summed E-state index contributed by atoms with van der Waals surface area (Å²) in [7, 11) is 0. The fourth-order valence-electron chi connectivity index (χ4n) is 11.5. The summed E-state index contributed by atoms with van der Waals surface area (Å²) in [6.45, 7) is 8.44. The number of hydrogen-bond acceptors (Lipinski definition) is 6. The van der Waals surface area contributed by atoms with E-state index in [9.17, 15) is 10.2 Å². The fraction of sp³-hybridized carbons (Fsp3) is 0.650. The summed E-state index contributed by atoms with van der Waals surface area (Å²) in [6.07, 6.45) is 16.9. The molecule has 8 rings (SSSR count). The molecule has 4 saturated carbocycles. The van der Waals surface area contributed by atoms with E-state index in [2.05, 4.69) is 63.2 Å². The molecule has 2 N–H and O–H groups in total. The molecule has 0 heterocycles. The zero-order chi connectivity index (χ0) is 33.7. The van der Waals surface area contributed by atoms with E-state index in [1.54, 1.807) is 34.8 Å². The molecule has 2 aromatic rings. The van der Waals surface area contributed by atoms with Crippen LogP contribution in [0.5, 0.6) is 0 Å². The minimum absolute atomic E-state index is 0.306. The molecule has 6 aliphatic rings. The number of aliphatic hydroxyl groups excluding tert-OH is 1. The zero-order valence-electron chi connectivity index (χ0n) is 28.6. The second-order valence-electron chi connectivity index (χ2n) is 15.7. The quantitative estimate of drug-likeness (QED) is 0.280. The van der Waals surface area contributed by atoms with Gasteiger partial charge in [-0.1, -0.05) is 59.2 Å². The van der Waals surface area contributed by atoms with Crippen LogP contribution in [-0.2, 0) is 41.8 Å². The first-order valence-corrected chi connectivity index (χ1v) is 22.3. The molecule has 0 aliphatic heterocycles. The Labute approximate surface area is 283 Å². The number of aryl methyl sites for hydroxylation is 4. The Kier molecular flexibility index (Phi) is 10.1. The summed E-state index contributed by atoms with van der Waals surface area (Å²) in [4.78, 5) is 0. The van der Waals surface area contributed by atoms with E-state index in [1.807, 2.05) is 0 Å². The van der Waals surface area contributed by atoms with E-state index in [4.69, 9.17) is 14.2 Å². The maximum absolute atomic E-state index is 10.9. The molecular formula is C40H54O6Os. The van der Waals surface area contributed by atoms with Gasteiger partial charge in [0.15, 0.2) is 0 Å². The van der Waals surface area contributed by atoms with Crippen molar-refractivity contribution in [2.45, 2.75) is 128 Å². The van der Waals surface area contributed by atoms with Gasteiger partial charge in [0.2, 0.25) is 0 Å². The van der Waals surface area contributed by atoms with Crippen molar-refractivity contribution in [2.24, 2.45) is 35.5 Å². The molecular weight excluding hydrogens is 767 g/mol. The Balaban J connectivity index is 0.000000145. The molecule has 4 fully saturated rings. The van der Waals surface area contributed by atoms with Gasteiger partial charge < -0.3 is 10.2 Å². The maximum atomic E-state index is 10.9. The molecule has 258 valence electrons. The van der Waals surface area contributed by atoms with Crippen LogP contribution in [0.2, 0.25) is 0 Å². The van der Waals surface area contributed by atoms with Crippen LogP contribution in [0.3, 0.4) is 0 Å². The van der Waals surface area contributed by atoms with Gasteiger partial charge in [0.05, 0.1) is 11.7 Å². The number of fused-ring (bicyclic) bond motifs is 10. The molecule has 7 heteroatoms. The van der Waals surface area contributed by atoms with E-state index in [-0.39, 0.29) is 0 Å². The number of hydrogen-bond donors (Lipinski definition) is 2. The first kappa shape index (κ1) is 34.8. The Hall–Kier alpha value is -2.06. The van der Waals surface area contributed by atoms with Crippen LogP contribution in [0.25, 0.3) is 0 Å². The summed E-state index contributed by atoms with van der Waals surface area (Å²) in [5.74, 6) is 6.08. The van der Waals surface area contributed by atoms with Crippen LogP contribution in [0.4, 0.5) is 0 Å². The van der Waals surface area contributed by atoms with E-state index in [0.29, 0.717) is 23.7 Å². The van der Waals surface area contributed by atoms with Crippen LogP contribution in [-0.4, -0.2) is 21.9 Å². The van der Waals surface area contributed by atoms with Crippen LogP contribution < -0.4 is 0 Å².